The minimum atomic E-state index is -4.81. The predicted molar refractivity (Wildman–Crippen MR) is 92.8 cm³/mol. The summed E-state index contributed by atoms with van der Waals surface area (Å²) in [5.74, 6) is -3.15. The quantitative estimate of drug-likeness (QED) is 0.494. The minimum absolute atomic E-state index is 0.153. The molecule has 1 aromatic carbocycles. The molecule has 0 aliphatic carbocycles. The Labute approximate surface area is 165 Å². The molecule has 0 fully saturated rings. The van der Waals surface area contributed by atoms with Gasteiger partial charge in [0.1, 0.15) is 23.2 Å². The van der Waals surface area contributed by atoms with Crippen LogP contribution in [0.25, 0.3) is 11.0 Å². The van der Waals surface area contributed by atoms with Crippen LogP contribution in [0.4, 0.5) is 17.6 Å². The molecule has 5 rings (SSSR count). The summed E-state index contributed by atoms with van der Waals surface area (Å²) >= 11 is 0. The lowest BCUT2D eigenvalue weighted by Crippen LogP contribution is -2.40. The number of oxazole rings is 1. The van der Waals surface area contributed by atoms with Crippen molar-refractivity contribution in [1.29, 1.82) is 0 Å². The fourth-order valence-corrected chi connectivity index (χ4v) is 3.61. The van der Waals surface area contributed by atoms with Gasteiger partial charge in [0.05, 0.1) is 23.6 Å². The number of furan rings is 1. The van der Waals surface area contributed by atoms with E-state index in [1.54, 1.807) is 6.07 Å². The van der Waals surface area contributed by atoms with Crippen molar-refractivity contribution >= 4 is 16.9 Å². The number of alkyl halides is 3. The van der Waals surface area contributed by atoms with Crippen molar-refractivity contribution in [3.05, 3.63) is 71.4 Å². The van der Waals surface area contributed by atoms with Gasteiger partial charge in [-0.15, -0.1) is 0 Å². The second-order valence-electron chi connectivity index (χ2n) is 6.75. The van der Waals surface area contributed by atoms with Gasteiger partial charge in [0.25, 0.3) is 5.91 Å². The fraction of sp³-hybridized carbons (Fsp3) is 0.211. The highest BCUT2D eigenvalue weighted by Gasteiger charge is 2.41. The summed E-state index contributed by atoms with van der Waals surface area (Å²) in [7, 11) is 0. The number of carbonyl (C=O) groups is 1. The van der Waals surface area contributed by atoms with Crippen molar-refractivity contribution in [3.63, 3.8) is 0 Å². The van der Waals surface area contributed by atoms with Gasteiger partial charge < -0.3 is 18.7 Å². The number of imidazole rings is 1. The number of amides is 1. The third-order valence-corrected chi connectivity index (χ3v) is 4.94. The Morgan fingerprint density at radius 3 is 2.80 bits per heavy atom. The van der Waals surface area contributed by atoms with Crippen LogP contribution in [-0.2, 0) is 12.6 Å². The number of hydrogen-bond acceptors (Lipinski definition) is 5. The van der Waals surface area contributed by atoms with Crippen LogP contribution in [0, 0.1) is 5.82 Å². The van der Waals surface area contributed by atoms with E-state index >= 15 is 0 Å². The molecule has 0 saturated carbocycles. The Morgan fingerprint density at radius 1 is 1.23 bits per heavy atom. The molecule has 30 heavy (non-hydrogen) atoms. The van der Waals surface area contributed by atoms with Crippen LogP contribution in [-0.4, -0.2) is 32.3 Å². The number of benzene rings is 1. The van der Waals surface area contributed by atoms with Crippen LogP contribution in [0.15, 0.2) is 45.6 Å². The van der Waals surface area contributed by atoms with Crippen molar-refractivity contribution in [2.75, 3.05) is 6.54 Å². The van der Waals surface area contributed by atoms with Crippen LogP contribution < -0.4 is 0 Å². The van der Waals surface area contributed by atoms with Gasteiger partial charge in [-0.3, -0.25) is 4.79 Å². The molecule has 7 nitrogen and oxygen atoms in total. The van der Waals surface area contributed by atoms with E-state index in [9.17, 15) is 22.4 Å². The summed E-state index contributed by atoms with van der Waals surface area (Å²) in [5.41, 5.74) is 1.49. The highest BCUT2D eigenvalue weighted by Crippen LogP contribution is 2.38. The van der Waals surface area contributed by atoms with E-state index in [1.807, 2.05) is 0 Å². The fourth-order valence-electron chi connectivity index (χ4n) is 3.61. The Kier molecular flexibility index (Phi) is 3.95. The second kappa shape index (κ2) is 6.44. The van der Waals surface area contributed by atoms with Crippen molar-refractivity contribution in [2.24, 2.45) is 0 Å². The summed E-state index contributed by atoms with van der Waals surface area (Å²) < 4.78 is 63.0. The molecule has 1 amide bonds. The molecule has 154 valence electrons. The number of carbonyl (C=O) groups excluding carboxylic acids is 1. The van der Waals surface area contributed by atoms with Gasteiger partial charge in [0.15, 0.2) is 0 Å². The molecule has 1 N–H and O–H groups in total. The van der Waals surface area contributed by atoms with Crippen LogP contribution in [0.1, 0.15) is 39.6 Å². The largest absolute Gasteiger partial charge is 0.468 e. The molecule has 11 heteroatoms. The normalized spacial score (nSPS) is 16.8. The smallest absolute Gasteiger partial charge is 0.458 e. The van der Waals surface area contributed by atoms with E-state index in [4.69, 9.17) is 4.42 Å². The Balaban J connectivity index is 1.59. The molecule has 0 spiro atoms. The molecule has 0 radical (unpaired) electrons. The van der Waals surface area contributed by atoms with E-state index in [2.05, 4.69) is 19.4 Å². The number of halogens is 4. The van der Waals surface area contributed by atoms with E-state index in [1.165, 1.54) is 29.4 Å². The van der Waals surface area contributed by atoms with Crippen LogP contribution in [0.2, 0.25) is 0 Å². The summed E-state index contributed by atoms with van der Waals surface area (Å²) in [6, 6.07) is 4.93. The topological polar surface area (TPSA) is 88.2 Å². The molecule has 3 aromatic heterocycles. The number of aromatic amines is 1. The Hall–Kier alpha value is -3.63. The first kappa shape index (κ1) is 18.4. The molecule has 4 heterocycles. The van der Waals surface area contributed by atoms with Gasteiger partial charge in [0.2, 0.25) is 5.76 Å². The zero-order chi connectivity index (χ0) is 21.0. The third-order valence-electron chi connectivity index (χ3n) is 4.94. The van der Waals surface area contributed by atoms with Gasteiger partial charge in [-0.2, -0.15) is 13.2 Å². The molecule has 1 aliphatic rings. The summed E-state index contributed by atoms with van der Waals surface area (Å²) in [6.07, 6.45) is -2.23. The predicted octanol–water partition coefficient (Wildman–Crippen LogP) is 4.09. The molecule has 4 aromatic rings. The lowest BCUT2D eigenvalue weighted by atomic mass is 10.00. The molecule has 0 bridgehead atoms. The number of nitrogens with one attached hydrogen (secondary N) is 1. The van der Waals surface area contributed by atoms with Crippen molar-refractivity contribution in [2.45, 2.75) is 18.6 Å². The number of aromatic nitrogens is 3. The number of nitrogens with zero attached hydrogens (tertiary/aromatic N) is 3. The van der Waals surface area contributed by atoms with E-state index in [0.717, 1.165) is 11.9 Å². The first-order valence-corrected chi connectivity index (χ1v) is 8.87. The average Bonchev–Trinajstić information content (AvgIpc) is 3.44. The maximum atomic E-state index is 14.1. The SMILES string of the molecule is O=C(c1cnc(C(F)(F)F)o1)N1CCc2[nH]cnc2[C@H]1c1cc2c(F)cccc2o1. The molecule has 1 aliphatic heterocycles. The molecular formula is C19H12F4N4O3. The van der Waals surface area contributed by atoms with Gasteiger partial charge in [-0.25, -0.2) is 14.4 Å². The standard InChI is InChI=1S/C19H12F4N4O3/c20-10-2-1-3-12-9(10)6-13(29-12)16-15-11(25-8-26-15)4-5-27(16)17(28)14-7-24-18(30-14)19(21,22)23/h1-3,6-8,16H,4-5H2,(H,25,26)/t16-/m1/s1. The summed E-state index contributed by atoms with van der Waals surface area (Å²) in [6.45, 7) is 0.153. The first-order valence-electron chi connectivity index (χ1n) is 8.87. The van der Waals surface area contributed by atoms with Crippen molar-refractivity contribution in [3.8, 4) is 0 Å². The lowest BCUT2D eigenvalue weighted by molar-refractivity contribution is -0.157. The maximum absolute atomic E-state index is 14.1. The van der Waals surface area contributed by atoms with Gasteiger partial charge in [0, 0.05) is 18.7 Å². The van der Waals surface area contributed by atoms with E-state index in [-0.39, 0.29) is 23.3 Å². The highest BCUT2D eigenvalue weighted by molar-refractivity contribution is 5.92. The zero-order valence-corrected chi connectivity index (χ0v) is 15.0. The van der Waals surface area contributed by atoms with Crippen molar-refractivity contribution < 1.29 is 31.2 Å². The minimum Gasteiger partial charge on any atom is -0.458 e. The summed E-state index contributed by atoms with van der Waals surface area (Å²) in [5, 5.41) is 0.224. The highest BCUT2D eigenvalue weighted by atomic mass is 19.4. The lowest BCUT2D eigenvalue weighted by Gasteiger charge is -2.33. The zero-order valence-electron chi connectivity index (χ0n) is 15.0. The number of hydrogen-bond donors (Lipinski definition) is 1. The van der Waals surface area contributed by atoms with Gasteiger partial charge in [-0.05, 0) is 18.2 Å². The number of H-pyrrole nitrogens is 1. The molecular weight excluding hydrogens is 408 g/mol. The first-order chi connectivity index (χ1) is 14.3. The number of rotatable bonds is 2. The van der Waals surface area contributed by atoms with Crippen LogP contribution in [0.5, 0.6) is 0 Å². The number of fused-ring (bicyclic) bond motifs is 2. The average molecular weight is 420 g/mol. The Morgan fingerprint density at radius 2 is 2.07 bits per heavy atom. The van der Waals surface area contributed by atoms with E-state index < -0.39 is 35.6 Å². The van der Waals surface area contributed by atoms with Crippen molar-refractivity contribution in [1.82, 2.24) is 19.9 Å². The van der Waals surface area contributed by atoms with Gasteiger partial charge in [-0.1, -0.05) is 6.07 Å². The molecule has 1 atom stereocenters. The molecule has 0 unspecified atom stereocenters. The second-order valence-corrected chi connectivity index (χ2v) is 6.75. The van der Waals surface area contributed by atoms with Crippen LogP contribution >= 0.6 is 0 Å². The monoisotopic (exact) mass is 420 g/mol. The maximum Gasteiger partial charge on any atom is 0.468 e. The Bertz CT molecular complexity index is 1260. The molecule has 0 saturated heterocycles. The van der Waals surface area contributed by atoms with Gasteiger partial charge >= 0.3 is 12.1 Å². The van der Waals surface area contributed by atoms with E-state index in [0.29, 0.717) is 12.1 Å². The van der Waals surface area contributed by atoms with Crippen LogP contribution in [0.3, 0.4) is 0 Å². The third kappa shape index (κ3) is 2.85. The summed E-state index contributed by atoms with van der Waals surface area (Å²) in [4.78, 5) is 24.7.